The SMILES string of the molecule is CC(C)CCCCNC(=O)N(CCC(=O)O)C(C)(C)C. The quantitative estimate of drug-likeness (QED) is 0.674. The Balaban J connectivity index is 4.18. The highest BCUT2D eigenvalue weighted by atomic mass is 16.4. The van der Waals surface area contributed by atoms with Crippen LogP contribution in [0, 0.1) is 5.92 Å². The summed E-state index contributed by atoms with van der Waals surface area (Å²) in [6.07, 6.45) is 3.19. The molecule has 0 atom stereocenters. The summed E-state index contributed by atoms with van der Waals surface area (Å²) in [6.45, 7) is 11.0. The third kappa shape index (κ3) is 8.77. The molecule has 5 heteroatoms. The predicted molar refractivity (Wildman–Crippen MR) is 80.8 cm³/mol. The zero-order valence-corrected chi connectivity index (χ0v) is 13.5. The van der Waals surface area contributed by atoms with Crippen molar-refractivity contribution < 1.29 is 14.7 Å². The average Bonchev–Trinajstić information content (AvgIpc) is 2.25. The van der Waals surface area contributed by atoms with E-state index in [4.69, 9.17) is 5.11 Å². The lowest BCUT2D eigenvalue weighted by Gasteiger charge is -2.35. The zero-order valence-electron chi connectivity index (χ0n) is 13.5. The van der Waals surface area contributed by atoms with Crippen molar-refractivity contribution in [3.8, 4) is 0 Å². The standard InChI is InChI=1S/C15H30N2O3/c1-12(2)8-6-7-10-16-14(20)17(15(3,4)5)11-9-13(18)19/h12H,6-11H2,1-5H3,(H,16,20)(H,18,19). The Bertz CT molecular complexity index is 309. The van der Waals surface area contributed by atoms with Gasteiger partial charge in [-0.1, -0.05) is 26.7 Å². The lowest BCUT2D eigenvalue weighted by atomic mass is 10.1. The molecule has 0 heterocycles. The van der Waals surface area contributed by atoms with Gasteiger partial charge in [-0.05, 0) is 33.1 Å². The fourth-order valence-electron chi connectivity index (χ4n) is 1.92. The minimum Gasteiger partial charge on any atom is -0.481 e. The van der Waals surface area contributed by atoms with E-state index in [0.717, 1.165) is 19.3 Å². The smallest absolute Gasteiger partial charge is 0.317 e. The molecule has 0 spiro atoms. The topological polar surface area (TPSA) is 69.6 Å². The number of nitrogens with one attached hydrogen (secondary N) is 1. The molecule has 0 aliphatic rings. The van der Waals surface area contributed by atoms with Crippen molar-refractivity contribution in [2.75, 3.05) is 13.1 Å². The summed E-state index contributed by atoms with van der Waals surface area (Å²) in [4.78, 5) is 24.4. The molecule has 20 heavy (non-hydrogen) atoms. The summed E-state index contributed by atoms with van der Waals surface area (Å²) >= 11 is 0. The van der Waals surface area contributed by atoms with Gasteiger partial charge in [-0.15, -0.1) is 0 Å². The van der Waals surface area contributed by atoms with Gasteiger partial charge in [0.25, 0.3) is 0 Å². The summed E-state index contributed by atoms with van der Waals surface area (Å²) in [5, 5.41) is 11.6. The second-order valence-corrected chi connectivity index (χ2v) is 6.59. The molecule has 0 aromatic rings. The molecule has 0 radical (unpaired) electrons. The minimum absolute atomic E-state index is 0.0297. The fourth-order valence-corrected chi connectivity index (χ4v) is 1.92. The molecule has 0 aliphatic carbocycles. The van der Waals surface area contributed by atoms with Gasteiger partial charge < -0.3 is 15.3 Å². The first-order valence-corrected chi connectivity index (χ1v) is 7.42. The maximum Gasteiger partial charge on any atom is 0.317 e. The van der Waals surface area contributed by atoms with Crippen LogP contribution in [-0.2, 0) is 4.79 Å². The number of carboxylic acid groups (broad SMARTS) is 1. The monoisotopic (exact) mass is 286 g/mol. The van der Waals surface area contributed by atoms with Crippen LogP contribution in [0.25, 0.3) is 0 Å². The Morgan fingerprint density at radius 2 is 1.80 bits per heavy atom. The van der Waals surface area contributed by atoms with E-state index in [-0.39, 0.29) is 24.5 Å². The van der Waals surface area contributed by atoms with Crippen LogP contribution < -0.4 is 5.32 Å². The van der Waals surface area contributed by atoms with Crippen LogP contribution in [0.4, 0.5) is 4.79 Å². The van der Waals surface area contributed by atoms with E-state index in [2.05, 4.69) is 19.2 Å². The van der Waals surface area contributed by atoms with Gasteiger partial charge in [0.2, 0.25) is 0 Å². The van der Waals surface area contributed by atoms with Crippen LogP contribution in [0.1, 0.15) is 60.3 Å². The highest BCUT2D eigenvalue weighted by molar-refractivity contribution is 5.76. The van der Waals surface area contributed by atoms with Crippen LogP contribution in [0.3, 0.4) is 0 Å². The number of hydrogen-bond acceptors (Lipinski definition) is 2. The molecule has 2 N–H and O–H groups in total. The van der Waals surface area contributed by atoms with Gasteiger partial charge >= 0.3 is 12.0 Å². The van der Waals surface area contributed by atoms with E-state index < -0.39 is 5.97 Å². The number of hydrogen-bond donors (Lipinski definition) is 2. The Morgan fingerprint density at radius 3 is 2.25 bits per heavy atom. The van der Waals surface area contributed by atoms with Crippen molar-refractivity contribution in [3.63, 3.8) is 0 Å². The van der Waals surface area contributed by atoms with Gasteiger partial charge in [-0.25, -0.2) is 4.79 Å². The lowest BCUT2D eigenvalue weighted by molar-refractivity contribution is -0.137. The molecule has 0 saturated heterocycles. The molecule has 0 bridgehead atoms. The second kappa shape index (κ2) is 8.82. The molecule has 0 aliphatic heterocycles. The molecule has 0 saturated carbocycles. The fraction of sp³-hybridized carbons (Fsp3) is 0.867. The number of carboxylic acids is 1. The summed E-state index contributed by atoms with van der Waals surface area (Å²) in [5.41, 5.74) is -0.378. The van der Waals surface area contributed by atoms with Crippen LogP contribution >= 0.6 is 0 Å². The van der Waals surface area contributed by atoms with Gasteiger partial charge in [0.1, 0.15) is 0 Å². The first-order chi connectivity index (χ1) is 9.14. The van der Waals surface area contributed by atoms with Crippen molar-refractivity contribution in [1.29, 1.82) is 0 Å². The highest BCUT2D eigenvalue weighted by Crippen LogP contribution is 2.14. The second-order valence-electron chi connectivity index (χ2n) is 6.59. The van der Waals surface area contributed by atoms with Crippen LogP contribution in [-0.4, -0.2) is 40.6 Å². The number of amides is 2. The number of unbranched alkanes of at least 4 members (excludes halogenated alkanes) is 1. The molecular formula is C15H30N2O3. The van der Waals surface area contributed by atoms with Gasteiger partial charge in [-0.3, -0.25) is 4.79 Å². The van der Waals surface area contributed by atoms with Crippen LogP contribution in [0.2, 0.25) is 0 Å². The lowest BCUT2D eigenvalue weighted by Crippen LogP contribution is -2.51. The predicted octanol–water partition coefficient (Wildman–Crippen LogP) is 3.10. The molecule has 0 unspecified atom stereocenters. The van der Waals surface area contributed by atoms with Crippen LogP contribution in [0.5, 0.6) is 0 Å². The maximum atomic E-state index is 12.1. The largest absolute Gasteiger partial charge is 0.481 e. The average molecular weight is 286 g/mol. The van der Waals surface area contributed by atoms with Crippen molar-refractivity contribution in [2.24, 2.45) is 5.92 Å². The Morgan fingerprint density at radius 1 is 1.20 bits per heavy atom. The number of urea groups is 1. The van der Waals surface area contributed by atoms with Crippen molar-refractivity contribution in [2.45, 2.75) is 65.8 Å². The molecule has 0 aromatic carbocycles. The van der Waals surface area contributed by atoms with Crippen molar-refractivity contribution in [3.05, 3.63) is 0 Å². The molecule has 0 rings (SSSR count). The Labute approximate surface area is 122 Å². The van der Waals surface area contributed by atoms with E-state index in [1.54, 1.807) is 4.90 Å². The highest BCUT2D eigenvalue weighted by Gasteiger charge is 2.26. The Hall–Kier alpha value is -1.26. The molecule has 118 valence electrons. The summed E-state index contributed by atoms with van der Waals surface area (Å²) < 4.78 is 0. The van der Waals surface area contributed by atoms with Crippen molar-refractivity contribution in [1.82, 2.24) is 10.2 Å². The van der Waals surface area contributed by atoms with Gasteiger partial charge in [0, 0.05) is 18.6 Å². The van der Waals surface area contributed by atoms with Crippen LogP contribution in [0.15, 0.2) is 0 Å². The van der Waals surface area contributed by atoms with Gasteiger partial charge in [0.05, 0.1) is 6.42 Å². The number of aliphatic carboxylic acids is 1. The number of rotatable bonds is 8. The Kier molecular flexibility index (Phi) is 8.26. The summed E-state index contributed by atoms with van der Waals surface area (Å²) in [6, 6.07) is -0.178. The first-order valence-electron chi connectivity index (χ1n) is 7.42. The summed E-state index contributed by atoms with van der Waals surface area (Å²) in [7, 11) is 0. The molecular weight excluding hydrogens is 256 g/mol. The minimum atomic E-state index is -0.885. The number of carbonyl (C=O) groups excluding carboxylic acids is 1. The van der Waals surface area contributed by atoms with Gasteiger partial charge in [-0.2, -0.15) is 0 Å². The zero-order chi connectivity index (χ0) is 15.8. The maximum absolute atomic E-state index is 12.1. The van der Waals surface area contributed by atoms with E-state index in [0.29, 0.717) is 12.5 Å². The summed E-state index contributed by atoms with van der Waals surface area (Å²) in [5.74, 6) is -0.198. The van der Waals surface area contributed by atoms with Gasteiger partial charge in [0.15, 0.2) is 0 Å². The number of nitrogens with zero attached hydrogens (tertiary/aromatic N) is 1. The molecule has 5 nitrogen and oxygen atoms in total. The van der Waals surface area contributed by atoms with E-state index in [1.807, 2.05) is 20.8 Å². The molecule has 0 fully saturated rings. The molecule has 0 aromatic heterocycles. The first kappa shape index (κ1) is 18.7. The van der Waals surface area contributed by atoms with E-state index in [9.17, 15) is 9.59 Å². The third-order valence-electron chi connectivity index (χ3n) is 3.09. The van der Waals surface area contributed by atoms with Crippen molar-refractivity contribution >= 4 is 12.0 Å². The van der Waals surface area contributed by atoms with E-state index in [1.165, 1.54) is 0 Å². The number of carbonyl (C=O) groups is 2. The normalized spacial score (nSPS) is 11.5. The third-order valence-corrected chi connectivity index (χ3v) is 3.09. The van der Waals surface area contributed by atoms with E-state index >= 15 is 0 Å². The molecule has 2 amide bonds.